The molecule has 1 aromatic heterocycles. The summed E-state index contributed by atoms with van der Waals surface area (Å²) in [7, 11) is 0. The average Bonchev–Trinajstić information content (AvgIpc) is 2.67. The third-order valence-corrected chi connectivity index (χ3v) is 3.85. The number of carbonyl (C=O) groups is 1. The molecule has 0 aliphatic carbocycles. The molecule has 0 amide bonds. The molecule has 0 radical (unpaired) electrons. The van der Waals surface area contributed by atoms with E-state index in [2.05, 4.69) is 28.5 Å². The van der Waals surface area contributed by atoms with Crippen molar-refractivity contribution in [3.05, 3.63) is 44.9 Å². The summed E-state index contributed by atoms with van der Waals surface area (Å²) < 4.78 is 0. The van der Waals surface area contributed by atoms with Gasteiger partial charge in [0.25, 0.3) is 0 Å². The van der Waals surface area contributed by atoms with Crippen LogP contribution in [0.2, 0.25) is 0 Å². The number of thiazole rings is 1. The Hall–Kier alpha value is -1.88. The predicted octanol–water partition coefficient (Wildman–Crippen LogP) is 3.38. The maximum atomic E-state index is 10.9. The molecule has 2 aromatic rings. The van der Waals surface area contributed by atoms with Crippen molar-refractivity contribution in [1.29, 1.82) is 0 Å². The van der Waals surface area contributed by atoms with Gasteiger partial charge in [-0.1, -0.05) is 6.07 Å². The van der Waals surface area contributed by atoms with Crippen LogP contribution in [0, 0.1) is 20.8 Å². The van der Waals surface area contributed by atoms with Crippen LogP contribution < -0.4 is 5.32 Å². The number of rotatable bonds is 4. The fourth-order valence-electron chi connectivity index (χ4n) is 1.98. The summed E-state index contributed by atoms with van der Waals surface area (Å²) in [6.45, 7) is 6.37. The van der Waals surface area contributed by atoms with Gasteiger partial charge in [-0.05, 0) is 44.0 Å². The van der Waals surface area contributed by atoms with Gasteiger partial charge in [0.05, 0.1) is 12.2 Å². The van der Waals surface area contributed by atoms with Gasteiger partial charge in [-0.15, -0.1) is 11.3 Å². The second-order valence-electron chi connectivity index (χ2n) is 4.56. The smallest absolute Gasteiger partial charge is 0.347 e. The van der Waals surface area contributed by atoms with Crippen molar-refractivity contribution >= 4 is 23.0 Å². The molecule has 0 unspecified atom stereocenters. The molecule has 0 bridgehead atoms. The summed E-state index contributed by atoms with van der Waals surface area (Å²) in [5.41, 5.74) is 4.00. The highest BCUT2D eigenvalue weighted by Crippen LogP contribution is 2.20. The molecule has 1 heterocycles. The minimum absolute atomic E-state index is 0.317. The van der Waals surface area contributed by atoms with Crippen molar-refractivity contribution in [2.24, 2.45) is 0 Å². The van der Waals surface area contributed by atoms with Crippen molar-refractivity contribution in [1.82, 2.24) is 4.98 Å². The molecular formula is C14H16N2O2S. The van der Waals surface area contributed by atoms with Gasteiger partial charge in [-0.3, -0.25) is 0 Å². The van der Waals surface area contributed by atoms with E-state index in [0.29, 0.717) is 17.1 Å². The number of hydrogen-bond donors (Lipinski definition) is 2. The molecule has 100 valence electrons. The molecule has 0 aliphatic rings. The van der Waals surface area contributed by atoms with Crippen LogP contribution in [0.1, 0.15) is 31.5 Å². The van der Waals surface area contributed by atoms with E-state index in [1.807, 2.05) is 13.8 Å². The lowest BCUT2D eigenvalue weighted by atomic mass is 10.1. The van der Waals surface area contributed by atoms with E-state index in [1.54, 1.807) is 6.92 Å². The molecule has 0 atom stereocenters. The SMILES string of the molecule is Cc1cc(C)cc(NCc2nc(C)c(C(=O)O)s2)c1. The first kappa shape index (κ1) is 13.5. The largest absolute Gasteiger partial charge is 0.477 e. The van der Waals surface area contributed by atoms with Crippen LogP contribution in [0.5, 0.6) is 0 Å². The molecule has 0 saturated carbocycles. The van der Waals surface area contributed by atoms with Crippen molar-refractivity contribution in [2.45, 2.75) is 27.3 Å². The Labute approximate surface area is 116 Å². The van der Waals surface area contributed by atoms with Gasteiger partial charge in [0.2, 0.25) is 0 Å². The van der Waals surface area contributed by atoms with Gasteiger partial charge in [0, 0.05) is 5.69 Å². The number of hydrogen-bond acceptors (Lipinski definition) is 4. The first-order valence-corrected chi connectivity index (χ1v) is 6.79. The summed E-state index contributed by atoms with van der Waals surface area (Å²) in [4.78, 5) is 15.5. The minimum Gasteiger partial charge on any atom is -0.477 e. The molecule has 2 N–H and O–H groups in total. The molecule has 19 heavy (non-hydrogen) atoms. The van der Waals surface area contributed by atoms with Gasteiger partial charge >= 0.3 is 5.97 Å². The van der Waals surface area contributed by atoms with E-state index >= 15 is 0 Å². The molecule has 0 spiro atoms. The van der Waals surface area contributed by atoms with Crippen LogP contribution in [0.25, 0.3) is 0 Å². The van der Waals surface area contributed by atoms with E-state index < -0.39 is 5.97 Å². The van der Waals surface area contributed by atoms with E-state index in [9.17, 15) is 4.79 Å². The summed E-state index contributed by atoms with van der Waals surface area (Å²) in [6.07, 6.45) is 0. The summed E-state index contributed by atoms with van der Waals surface area (Å²) in [5, 5.41) is 13.1. The van der Waals surface area contributed by atoms with Crippen molar-refractivity contribution in [2.75, 3.05) is 5.32 Å². The molecule has 0 fully saturated rings. The Morgan fingerprint density at radius 1 is 1.26 bits per heavy atom. The van der Waals surface area contributed by atoms with Gasteiger partial charge < -0.3 is 10.4 Å². The maximum Gasteiger partial charge on any atom is 0.347 e. The Balaban J connectivity index is 2.10. The van der Waals surface area contributed by atoms with Gasteiger partial charge in [-0.2, -0.15) is 0 Å². The molecule has 5 heteroatoms. The first-order valence-electron chi connectivity index (χ1n) is 5.97. The molecule has 0 aliphatic heterocycles. The van der Waals surface area contributed by atoms with Crippen LogP contribution in [0.3, 0.4) is 0 Å². The standard InChI is InChI=1S/C14H16N2O2S/c1-8-4-9(2)6-11(5-8)15-7-12-16-10(3)13(19-12)14(17)18/h4-6,15H,7H2,1-3H3,(H,17,18). The van der Waals surface area contributed by atoms with Crippen LogP contribution in [-0.4, -0.2) is 16.1 Å². The number of benzene rings is 1. The number of nitrogens with one attached hydrogen (secondary N) is 1. The lowest BCUT2D eigenvalue weighted by Crippen LogP contribution is -1.99. The second-order valence-corrected chi connectivity index (χ2v) is 5.64. The van der Waals surface area contributed by atoms with Gasteiger partial charge in [-0.25, -0.2) is 9.78 Å². The minimum atomic E-state index is -0.910. The average molecular weight is 276 g/mol. The Bertz CT molecular complexity index is 600. The van der Waals surface area contributed by atoms with Gasteiger partial charge in [0.1, 0.15) is 9.88 Å². The highest BCUT2D eigenvalue weighted by molar-refractivity contribution is 7.13. The maximum absolute atomic E-state index is 10.9. The summed E-state index contributed by atoms with van der Waals surface area (Å²) >= 11 is 1.22. The third-order valence-electron chi connectivity index (χ3n) is 2.70. The van der Waals surface area contributed by atoms with E-state index in [0.717, 1.165) is 10.7 Å². The van der Waals surface area contributed by atoms with Crippen LogP contribution in [0.15, 0.2) is 18.2 Å². The highest BCUT2D eigenvalue weighted by Gasteiger charge is 2.13. The van der Waals surface area contributed by atoms with Gasteiger partial charge in [0.15, 0.2) is 0 Å². The third kappa shape index (κ3) is 3.32. The number of aromatic carboxylic acids is 1. The lowest BCUT2D eigenvalue weighted by Gasteiger charge is -2.06. The Morgan fingerprint density at radius 2 is 1.89 bits per heavy atom. The summed E-state index contributed by atoms with van der Waals surface area (Å²) in [5.74, 6) is -0.910. The van der Waals surface area contributed by atoms with Crippen LogP contribution >= 0.6 is 11.3 Å². The zero-order valence-electron chi connectivity index (χ0n) is 11.2. The number of aryl methyl sites for hydroxylation is 3. The topological polar surface area (TPSA) is 62.2 Å². The first-order chi connectivity index (χ1) is 8.95. The molecule has 0 saturated heterocycles. The fourth-order valence-corrected chi connectivity index (χ4v) is 2.82. The second kappa shape index (κ2) is 5.40. The van der Waals surface area contributed by atoms with Crippen molar-refractivity contribution in [3.8, 4) is 0 Å². The van der Waals surface area contributed by atoms with Crippen LogP contribution in [-0.2, 0) is 6.54 Å². The van der Waals surface area contributed by atoms with E-state index in [1.165, 1.54) is 22.5 Å². The number of anilines is 1. The molecule has 2 rings (SSSR count). The number of carboxylic acids is 1. The van der Waals surface area contributed by atoms with Crippen molar-refractivity contribution in [3.63, 3.8) is 0 Å². The van der Waals surface area contributed by atoms with Crippen LogP contribution in [0.4, 0.5) is 5.69 Å². The zero-order valence-corrected chi connectivity index (χ0v) is 12.0. The quantitative estimate of drug-likeness (QED) is 0.898. The van der Waals surface area contributed by atoms with E-state index in [-0.39, 0.29) is 0 Å². The fraction of sp³-hybridized carbons (Fsp3) is 0.286. The lowest BCUT2D eigenvalue weighted by molar-refractivity contribution is 0.0701. The monoisotopic (exact) mass is 276 g/mol. The normalized spacial score (nSPS) is 10.5. The Kier molecular flexibility index (Phi) is 3.85. The molecular weight excluding hydrogens is 260 g/mol. The van der Waals surface area contributed by atoms with E-state index in [4.69, 9.17) is 5.11 Å². The number of carboxylic acid groups (broad SMARTS) is 1. The highest BCUT2D eigenvalue weighted by atomic mass is 32.1. The summed E-state index contributed by atoms with van der Waals surface area (Å²) in [6, 6.07) is 6.23. The Morgan fingerprint density at radius 3 is 2.42 bits per heavy atom. The zero-order chi connectivity index (χ0) is 14.0. The number of nitrogens with zero attached hydrogens (tertiary/aromatic N) is 1. The molecule has 4 nitrogen and oxygen atoms in total. The number of aromatic nitrogens is 1. The molecule has 1 aromatic carbocycles. The van der Waals surface area contributed by atoms with Crippen molar-refractivity contribution < 1.29 is 9.90 Å². The predicted molar refractivity (Wildman–Crippen MR) is 77.1 cm³/mol.